The minimum Gasteiger partial charge on any atom is -0.481 e. The molecule has 0 aromatic carbocycles. The number of aryl methyl sites for hydroxylation is 2. The third kappa shape index (κ3) is 1.82. The highest BCUT2D eigenvalue weighted by Crippen LogP contribution is 2.49. The molecule has 1 heterocycles. The van der Waals surface area contributed by atoms with Crippen molar-refractivity contribution in [2.75, 3.05) is 6.54 Å². The highest BCUT2D eigenvalue weighted by molar-refractivity contribution is 5.76. The fourth-order valence-electron chi connectivity index (χ4n) is 3.37. The van der Waals surface area contributed by atoms with Crippen LogP contribution in [0.3, 0.4) is 0 Å². The molecule has 1 aromatic heterocycles. The van der Waals surface area contributed by atoms with Crippen molar-refractivity contribution < 1.29 is 9.90 Å². The molecule has 1 atom stereocenters. The van der Waals surface area contributed by atoms with Gasteiger partial charge in [0.2, 0.25) is 0 Å². The van der Waals surface area contributed by atoms with Gasteiger partial charge >= 0.3 is 5.97 Å². The van der Waals surface area contributed by atoms with E-state index in [2.05, 4.69) is 5.10 Å². The molecule has 1 fully saturated rings. The van der Waals surface area contributed by atoms with Crippen molar-refractivity contribution in [2.24, 2.45) is 18.2 Å². The highest BCUT2D eigenvalue weighted by Gasteiger charge is 2.49. The minimum absolute atomic E-state index is 0.148. The lowest BCUT2D eigenvalue weighted by molar-refractivity contribution is -0.150. The first kappa shape index (κ1) is 13.1. The van der Waals surface area contributed by atoms with E-state index in [0.717, 1.165) is 36.9 Å². The van der Waals surface area contributed by atoms with Crippen LogP contribution in [0, 0.1) is 12.3 Å². The Hall–Kier alpha value is -1.36. The standard InChI is InChI=1S/C13H21N3O2/c1-9-8-15-16(2)11(9)10(7-14)13(12(17)18)5-3-4-6-13/h8,10H,3-7,14H2,1-2H3,(H,17,18). The molecule has 3 N–H and O–H groups in total. The van der Waals surface area contributed by atoms with Crippen LogP contribution in [0.1, 0.15) is 42.9 Å². The summed E-state index contributed by atoms with van der Waals surface area (Å²) in [4.78, 5) is 11.8. The maximum absolute atomic E-state index is 11.8. The Morgan fingerprint density at radius 2 is 2.22 bits per heavy atom. The van der Waals surface area contributed by atoms with Crippen LogP contribution in [-0.4, -0.2) is 27.4 Å². The molecule has 1 unspecified atom stereocenters. The fraction of sp³-hybridized carbons (Fsp3) is 0.692. The first-order valence-electron chi connectivity index (χ1n) is 6.45. The van der Waals surface area contributed by atoms with E-state index in [1.807, 2.05) is 14.0 Å². The molecular formula is C13H21N3O2. The van der Waals surface area contributed by atoms with E-state index in [9.17, 15) is 9.90 Å². The van der Waals surface area contributed by atoms with Gasteiger partial charge in [-0.05, 0) is 25.3 Å². The molecule has 1 aromatic rings. The van der Waals surface area contributed by atoms with Crippen LogP contribution in [0.2, 0.25) is 0 Å². The van der Waals surface area contributed by atoms with Gasteiger partial charge in [-0.3, -0.25) is 9.48 Å². The monoisotopic (exact) mass is 251 g/mol. The lowest BCUT2D eigenvalue weighted by Crippen LogP contribution is -2.39. The van der Waals surface area contributed by atoms with Crippen molar-refractivity contribution in [1.29, 1.82) is 0 Å². The summed E-state index contributed by atoms with van der Waals surface area (Å²) in [5.41, 5.74) is 7.20. The van der Waals surface area contributed by atoms with Crippen LogP contribution < -0.4 is 5.73 Å². The first-order chi connectivity index (χ1) is 8.53. The number of rotatable bonds is 4. The second kappa shape index (κ2) is 4.72. The Bertz CT molecular complexity index is 428. The first-order valence-corrected chi connectivity index (χ1v) is 6.45. The summed E-state index contributed by atoms with van der Waals surface area (Å²) in [7, 11) is 1.86. The van der Waals surface area contributed by atoms with Gasteiger partial charge in [-0.25, -0.2) is 0 Å². The summed E-state index contributed by atoms with van der Waals surface area (Å²) in [5, 5.41) is 13.9. The number of nitrogens with zero attached hydrogens (tertiary/aromatic N) is 2. The molecule has 0 saturated heterocycles. The van der Waals surface area contributed by atoms with Crippen LogP contribution in [-0.2, 0) is 11.8 Å². The van der Waals surface area contributed by atoms with E-state index < -0.39 is 11.4 Å². The molecule has 1 aliphatic carbocycles. The number of hydrogen-bond donors (Lipinski definition) is 2. The number of carboxylic acids is 1. The Labute approximate surface area is 107 Å². The van der Waals surface area contributed by atoms with Crippen molar-refractivity contribution in [3.05, 3.63) is 17.5 Å². The maximum Gasteiger partial charge on any atom is 0.310 e. The quantitative estimate of drug-likeness (QED) is 0.848. The maximum atomic E-state index is 11.8. The summed E-state index contributed by atoms with van der Waals surface area (Å²) in [5.74, 6) is -0.860. The van der Waals surface area contributed by atoms with Crippen molar-refractivity contribution in [3.8, 4) is 0 Å². The van der Waals surface area contributed by atoms with E-state index in [-0.39, 0.29) is 5.92 Å². The smallest absolute Gasteiger partial charge is 0.310 e. The Balaban J connectivity index is 2.47. The van der Waals surface area contributed by atoms with Crippen molar-refractivity contribution in [2.45, 2.75) is 38.5 Å². The van der Waals surface area contributed by atoms with Crippen molar-refractivity contribution in [3.63, 3.8) is 0 Å². The third-order valence-electron chi connectivity index (χ3n) is 4.33. The van der Waals surface area contributed by atoms with E-state index in [0.29, 0.717) is 6.54 Å². The van der Waals surface area contributed by atoms with Gasteiger partial charge in [0.05, 0.1) is 11.6 Å². The summed E-state index contributed by atoms with van der Waals surface area (Å²) in [6, 6.07) is 0. The average molecular weight is 251 g/mol. The Morgan fingerprint density at radius 3 is 2.61 bits per heavy atom. The number of aliphatic carboxylic acids is 1. The topological polar surface area (TPSA) is 81.1 Å². The van der Waals surface area contributed by atoms with Crippen LogP contribution >= 0.6 is 0 Å². The van der Waals surface area contributed by atoms with Gasteiger partial charge in [0.25, 0.3) is 0 Å². The lowest BCUT2D eigenvalue weighted by atomic mass is 9.71. The molecule has 0 radical (unpaired) electrons. The predicted molar refractivity (Wildman–Crippen MR) is 68.3 cm³/mol. The molecule has 2 rings (SSSR count). The highest BCUT2D eigenvalue weighted by atomic mass is 16.4. The zero-order valence-corrected chi connectivity index (χ0v) is 11.0. The molecular weight excluding hydrogens is 230 g/mol. The van der Waals surface area contributed by atoms with Crippen LogP contribution in [0.5, 0.6) is 0 Å². The molecule has 0 amide bonds. The largest absolute Gasteiger partial charge is 0.481 e. The van der Waals surface area contributed by atoms with E-state index in [1.165, 1.54) is 0 Å². The minimum atomic E-state index is -0.712. The molecule has 1 saturated carbocycles. The van der Waals surface area contributed by atoms with E-state index >= 15 is 0 Å². The number of nitrogens with two attached hydrogens (primary N) is 1. The number of aromatic nitrogens is 2. The molecule has 18 heavy (non-hydrogen) atoms. The van der Waals surface area contributed by atoms with Gasteiger partial charge < -0.3 is 10.8 Å². The van der Waals surface area contributed by atoms with Gasteiger partial charge in [0.1, 0.15) is 0 Å². The van der Waals surface area contributed by atoms with Gasteiger partial charge in [-0.2, -0.15) is 5.10 Å². The zero-order chi connectivity index (χ0) is 13.3. The normalized spacial score (nSPS) is 19.9. The molecule has 0 bridgehead atoms. The van der Waals surface area contributed by atoms with Gasteiger partial charge in [0, 0.05) is 25.2 Å². The van der Waals surface area contributed by atoms with E-state index in [4.69, 9.17) is 5.73 Å². The average Bonchev–Trinajstić information content (AvgIpc) is 2.92. The van der Waals surface area contributed by atoms with Crippen LogP contribution in [0.4, 0.5) is 0 Å². The predicted octanol–water partition coefficient (Wildman–Crippen LogP) is 1.42. The summed E-state index contributed by atoms with van der Waals surface area (Å²) < 4.78 is 1.77. The lowest BCUT2D eigenvalue weighted by Gasteiger charge is -2.33. The van der Waals surface area contributed by atoms with Crippen LogP contribution in [0.15, 0.2) is 6.20 Å². The number of carbonyl (C=O) groups is 1. The SMILES string of the molecule is Cc1cnn(C)c1C(CN)C1(C(=O)O)CCCC1. The molecule has 5 heteroatoms. The van der Waals surface area contributed by atoms with Crippen molar-refractivity contribution in [1.82, 2.24) is 9.78 Å². The molecule has 0 aliphatic heterocycles. The summed E-state index contributed by atoms with van der Waals surface area (Å²) in [6.07, 6.45) is 5.16. The Kier molecular flexibility index (Phi) is 3.43. The molecule has 0 spiro atoms. The number of hydrogen-bond acceptors (Lipinski definition) is 3. The molecule has 1 aliphatic rings. The number of carboxylic acid groups (broad SMARTS) is 1. The molecule has 100 valence electrons. The fourth-order valence-corrected chi connectivity index (χ4v) is 3.37. The summed E-state index contributed by atoms with van der Waals surface area (Å²) in [6.45, 7) is 2.32. The summed E-state index contributed by atoms with van der Waals surface area (Å²) >= 11 is 0. The van der Waals surface area contributed by atoms with Gasteiger partial charge in [-0.1, -0.05) is 12.8 Å². The zero-order valence-electron chi connectivity index (χ0n) is 11.0. The second-order valence-corrected chi connectivity index (χ2v) is 5.29. The van der Waals surface area contributed by atoms with E-state index in [1.54, 1.807) is 10.9 Å². The second-order valence-electron chi connectivity index (χ2n) is 5.29. The van der Waals surface area contributed by atoms with Crippen molar-refractivity contribution >= 4 is 5.97 Å². The molecule has 5 nitrogen and oxygen atoms in total. The third-order valence-corrected chi connectivity index (χ3v) is 4.33. The Morgan fingerprint density at radius 1 is 1.61 bits per heavy atom. The van der Waals surface area contributed by atoms with Gasteiger partial charge in [-0.15, -0.1) is 0 Å². The van der Waals surface area contributed by atoms with Crippen LogP contribution in [0.25, 0.3) is 0 Å². The van der Waals surface area contributed by atoms with Gasteiger partial charge in [0.15, 0.2) is 0 Å².